The van der Waals surface area contributed by atoms with Crippen LogP contribution in [0.1, 0.15) is 12.8 Å². The fourth-order valence-electron chi connectivity index (χ4n) is 2.42. The number of rotatable bonds is 1. The zero-order valence-electron chi connectivity index (χ0n) is 6.86. The summed E-state index contributed by atoms with van der Waals surface area (Å²) in [5.74, 6) is 0. The predicted molar refractivity (Wildman–Crippen MR) is 41.5 cm³/mol. The third-order valence-electron chi connectivity index (χ3n) is 3.04. The molecule has 4 atom stereocenters. The molecule has 2 rings (SSSR count). The third-order valence-corrected chi connectivity index (χ3v) is 3.04. The molecule has 0 unspecified atom stereocenters. The van der Waals surface area contributed by atoms with Gasteiger partial charge in [0.15, 0.2) is 0 Å². The third kappa shape index (κ3) is 0.985. The second-order valence-corrected chi connectivity index (χ2v) is 3.63. The van der Waals surface area contributed by atoms with Crippen molar-refractivity contribution in [3.8, 4) is 0 Å². The summed E-state index contributed by atoms with van der Waals surface area (Å²) >= 11 is 0. The van der Waals surface area contributed by atoms with E-state index in [9.17, 15) is 9.50 Å². The van der Waals surface area contributed by atoms with Gasteiger partial charge in [0.2, 0.25) is 0 Å². The number of halogens is 1. The highest BCUT2D eigenvalue weighted by atomic mass is 19.1. The SMILES string of the molecule is OC[C@H]1[C@H](F)[C@@H](O)[C@H]2CCCN21. The van der Waals surface area contributed by atoms with Crippen LogP contribution in [0.25, 0.3) is 0 Å². The van der Waals surface area contributed by atoms with Crippen molar-refractivity contribution < 1.29 is 14.6 Å². The first-order valence-corrected chi connectivity index (χ1v) is 4.44. The molecule has 12 heavy (non-hydrogen) atoms. The van der Waals surface area contributed by atoms with Gasteiger partial charge in [-0.15, -0.1) is 0 Å². The average molecular weight is 175 g/mol. The van der Waals surface area contributed by atoms with E-state index in [1.165, 1.54) is 0 Å². The van der Waals surface area contributed by atoms with E-state index in [4.69, 9.17) is 5.11 Å². The quantitative estimate of drug-likeness (QED) is 0.566. The molecule has 0 aliphatic carbocycles. The lowest BCUT2D eigenvalue weighted by Gasteiger charge is -2.21. The van der Waals surface area contributed by atoms with Gasteiger partial charge in [-0.05, 0) is 19.4 Å². The van der Waals surface area contributed by atoms with Gasteiger partial charge in [0.25, 0.3) is 0 Å². The molecule has 3 nitrogen and oxygen atoms in total. The van der Waals surface area contributed by atoms with E-state index in [-0.39, 0.29) is 12.6 Å². The van der Waals surface area contributed by atoms with Crippen molar-refractivity contribution in [1.29, 1.82) is 0 Å². The van der Waals surface area contributed by atoms with E-state index in [1.807, 2.05) is 4.90 Å². The van der Waals surface area contributed by atoms with Gasteiger partial charge in [-0.1, -0.05) is 0 Å². The average Bonchev–Trinajstić information content (AvgIpc) is 2.59. The summed E-state index contributed by atoms with van der Waals surface area (Å²) in [6, 6.07) is -0.510. The largest absolute Gasteiger partial charge is 0.395 e. The monoisotopic (exact) mass is 175 g/mol. The molecule has 0 aromatic carbocycles. The molecule has 2 heterocycles. The van der Waals surface area contributed by atoms with Gasteiger partial charge in [0, 0.05) is 6.04 Å². The predicted octanol–water partition coefficient (Wildman–Crippen LogP) is -0.476. The minimum absolute atomic E-state index is 0.0443. The first-order chi connectivity index (χ1) is 5.75. The van der Waals surface area contributed by atoms with Crippen LogP contribution in [-0.2, 0) is 0 Å². The summed E-state index contributed by atoms with van der Waals surface area (Å²) in [5.41, 5.74) is 0. The number of hydrogen-bond acceptors (Lipinski definition) is 3. The summed E-state index contributed by atoms with van der Waals surface area (Å²) in [4.78, 5) is 1.90. The van der Waals surface area contributed by atoms with Crippen LogP contribution in [0.5, 0.6) is 0 Å². The number of alkyl halides is 1. The van der Waals surface area contributed by atoms with E-state index in [2.05, 4.69) is 0 Å². The van der Waals surface area contributed by atoms with Crippen molar-refractivity contribution in [2.75, 3.05) is 13.2 Å². The second-order valence-electron chi connectivity index (χ2n) is 3.63. The first kappa shape index (κ1) is 8.41. The van der Waals surface area contributed by atoms with Crippen LogP contribution in [0.3, 0.4) is 0 Å². The van der Waals surface area contributed by atoms with Gasteiger partial charge in [0.05, 0.1) is 12.6 Å². The van der Waals surface area contributed by atoms with Gasteiger partial charge in [-0.25, -0.2) is 4.39 Å². The van der Waals surface area contributed by atoms with Crippen LogP contribution < -0.4 is 0 Å². The lowest BCUT2D eigenvalue weighted by molar-refractivity contribution is 0.0740. The van der Waals surface area contributed by atoms with Crippen LogP contribution in [0.15, 0.2) is 0 Å². The van der Waals surface area contributed by atoms with Crippen molar-refractivity contribution in [1.82, 2.24) is 4.90 Å². The molecule has 2 aliphatic heterocycles. The Balaban J connectivity index is 2.15. The summed E-state index contributed by atoms with van der Waals surface area (Å²) in [7, 11) is 0. The van der Waals surface area contributed by atoms with Gasteiger partial charge in [0.1, 0.15) is 12.3 Å². The molecule has 2 fully saturated rings. The molecule has 0 amide bonds. The van der Waals surface area contributed by atoms with Crippen LogP contribution >= 0.6 is 0 Å². The summed E-state index contributed by atoms with van der Waals surface area (Å²) in [6.07, 6.45) is -0.284. The molecule has 0 aromatic rings. The highest BCUT2D eigenvalue weighted by molar-refractivity contribution is 5.03. The van der Waals surface area contributed by atoms with E-state index in [0.717, 1.165) is 19.4 Å². The Bertz CT molecular complexity index is 176. The highest BCUT2D eigenvalue weighted by Gasteiger charge is 2.49. The minimum Gasteiger partial charge on any atom is -0.395 e. The topological polar surface area (TPSA) is 43.7 Å². The van der Waals surface area contributed by atoms with Crippen LogP contribution in [-0.4, -0.2) is 52.6 Å². The normalized spacial score (nSPS) is 48.2. The molecule has 2 N–H and O–H groups in total. The molecule has 2 saturated heterocycles. The zero-order chi connectivity index (χ0) is 8.72. The Morgan fingerprint density at radius 2 is 2.25 bits per heavy atom. The number of fused-ring (bicyclic) bond motifs is 1. The molecule has 0 aromatic heterocycles. The number of nitrogens with zero attached hydrogens (tertiary/aromatic N) is 1. The Morgan fingerprint density at radius 1 is 1.50 bits per heavy atom. The van der Waals surface area contributed by atoms with Crippen LogP contribution in [0.4, 0.5) is 4.39 Å². The maximum atomic E-state index is 13.3. The summed E-state index contributed by atoms with van der Waals surface area (Å²) in [6.45, 7) is 0.627. The molecule has 0 saturated carbocycles. The first-order valence-electron chi connectivity index (χ1n) is 4.44. The second kappa shape index (κ2) is 2.94. The van der Waals surface area contributed by atoms with E-state index >= 15 is 0 Å². The standard InChI is InChI=1S/C8H14FNO2/c9-7-6(4-11)10-3-1-2-5(10)8(7)12/h5-8,11-12H,1-4H2/t5-,6+,7+,8+/m1/s1. The molecule has 2 aliphatic rings. The fourth-order valence-corrected chi connectivity index (χ4v) is 2.42. The Kier molecular flexibility index (Phi) is 2.06. The zero-order valence-corrected chi connectivity index (χ0v) is 6.86. The Labute approximate surface area is 70.8 Å². The Morgan fingerprint density at radius 3 is 2.92 bits per heavy atom. The molecular weight excluding hydrogens is 161 g/mol. The van der Waals surface area contributed by atoms with Gasteiger partial charge in [-0.3, -0.25) is 4.90 Å². The fraction of sp³-hybridized carbons (Fsp3) is 1.00. The van der Waals surface area contributed by atoms with Crippen LogP contribution in [0, 0.1) is 0 Å². The highest BCUT2D eigenvalue weighted by Crippen LogP contribution is 2.34. The lowest BCUT2D eigenvalue weighted by atomic mass is 10.1. The van der Waals surface area contributed by atoms with Crippen molar-refractivity contribution in [2.45, 2.75) is 37.2 Å². The molecule has 4 heteroatoms. The minimum atomic E-state index is -1.26. The van der Waals surface area contributed by atoms with Crippen molar-refractivity contribution in [3.05, 3.63) is 0 Å². The Hall–Kier alpha value is -0.190. The maximum Gasteiger partial charge on any atom is 0.145 e. The molecule has 0 radical (unpaired) electrons. The number of hydrogen-bond donors (Lipinski definition) is 2. The van der Waals surface area contributed by atoms with Gasteiger partial charge in [-0.2, -0.15) is 0 Å². The maximum absolute atomic E-state index is 13.3. The van der Waals surface area contributed by atoms with Crippen molar-refractivity contribution in [2.24, 2.45) is 0 Å². The number of aliphatic hydroxyl groups excluding tert-OH is 2. The molecule has 0 spiro atoms. The molecular formula is C8H14FNO2. The van der Waals surface area contributed by atoms with Crippen molar-refractivity contribution in [3.63, 3.8) is 0 Å². The van der Waals surface area contributed by atoms with E-state index in [0.29, 0.717) is 0 Å². The van der Waals surface area contributed by atoms with Crippen LogP contribution in [0.2, 0.25) is 0 Å². The smallest absolute Gasteiger partial charge is 0.145 e. The van der Waals surface area contributed by atoms with E-state index in [1.54, 1.807) is 0 Å². The van der Waals surface area contributed by atoms with E-state index < -0.39 is 18.3 Å². The summed E-state index contributed by atoms with van der Waals surface area (Å²) < 4.78 is 13.3. The molecule has 70 valence electrons. The summed E-state index contributed by atoms with van der Waals surface area (Å²) in [5, 5.41) is 18.4. The lowest BCUT2D eigenvalue weighted by Crippen LogP contribution is -2.37. The molecule has 0 bridgehead atoms. The van der Waals surface area contributed by atoms with Gasteiger partial charge < -0.3 is 10.2 Å². The van der Waals surface area contributed by atoms with Crippen molar-refractivity contribution >= 4 is 0 Å². The van der Waals surface area contributed by atoms with Gasteiger partial charge >= 0.3 is 0 Å². The number of aliphatic hydroxyl groups is 2.